The second-order valence-electron chi connectivity index (χ2n) is 5.89. The number of hydrogen-bond acceptors (Lipinski definition) is 4. The van der Waals surface area contributed by atoms with E-state index in [-0.39, 0.29) is 24.3 Å². The van der Waals surface area contributed by atoms with Crippen molar-refractivity contribution in [1.82, 2.24) is 5.32 Å². The Morgan fingerprint density at radius 2 is 1.70 bits per heavy atom. The number of amides is 2. The van der Waals surface area contributed by atoms with Gasteiger partial charge in [0.1, 0.15) is 0 Å². The lowest BCUT2D eigenvalue weighted by Gasteiger charge is -2.09. The van der Waals surface area contributed by atoms with Gasteiger partial charge in [0, 0.05) is 11.3 Å². The molecule has 0 unspecified atom stereocenters. The monoisotopic (exact) mass is 366 g/mol. The molecule has 6 N–H and O–H groups in total. The Kier molecular flexibility index (Phi) is 6.65. The second-order valence-corrected chi connectivity index (χ2v) is 5.89. The van der Waals surface area contributed by atoms with Crippen LogP contribution >= 0.6 is 0 Å². The number of carbonyl (C=O) groups is 2. The molecule has 0 heterocycles. The number of benzene rings is 2. The zero-order valence-corrected chi connectivity index (χ0v) is 15.2. The summed E-state index contributed by atoms with van der Waals surface area (Å²) in [7, 11) is 0. The van der Waals surface area contributed by atoms with E-state index in [1.165, 1.54) is 0 Å². The fourth-order valence-electron chi connectivity index (χ4n) is 2.27. The molecule has 2 rings (SSSR count). The summed E-state index contributed by atoms with van der Waals surface area (Å²) >= 11 is 0. The Hall–Kier alpha value is -3.68. The SMILES string of the molecule is C/C(=N\N=C(N)N)c1cccc(NC(=O)CNC(=O)c2cccc(C)c2)c1. The van der Waals surface area contributed by atoms with Gasteiger partial charge in [-0.05, 0) is 43.7 Å². The number of anilines is 1. The summed E-state index contributed by atoms with van der Waals surface area (Å²) in [6.45, 7) is 3.50. The van der Waals surface area contributed by atoms with Crippen LogP contribution in [0.3, 0.4) is 0 Å². The minimum absolute atomic E-state index is 0.136. The summed E-state index contributed by atoms with van der Waals surface area (Å²) in [6, 6.07) is 14.2. The highest BCUT2D eigenvalue weighted by Gasteiger charge is 2.09. The second kappa shape index (κ2) is 9.14. The first-order chi connectivity index (χ1) is 12.8. The molecule has 0 radical (unpaired) electrons. The first-order valence-corrected chi connectivity index (χ1v) is 8.23. The molecule has 0 saturated carbocycles. The molecule has 0 saturated heterocycles. The molecule has 8 nitrogen and oxygen atoms in total. The fourth-order valence-corrected chi connectivity index (χ4v) is 2.27. The Morgan fingerprint density at radius 3 is 2.41 bits per heavy atom. The average molecular weight is 366 g/mol. The van der Waals surface area contributed by atoms with Crippen molar-refractivity contribution in [3.8, 4) is 0 Å². The van der Waals surface area contributed by atoms with Crippen LogP contribution in [-0.4, -0.2) is 30.0 Å². The maximum atomic E-state index is 12.1. The van der Waals surface area contributed by atoms with Gasteiger partial charge in [-0.15, -0.1) is 5.10 Å². The lowest BCUT2D eigenvalue weighted by molar-refractivity contribution is -0.115. The van der Waals surface area contributed by atoms with E-state index in [0.29, 0.717) is 17.0 Å². The van der Waals surface area contributed by atoms with E-state index in [2.05, 4.69) is 20.8 Å². The van der Waals surface area contributed by atoms with Gasteiger partial charge in [-0.3, -0.25) is 9.59 Å². The van der Waals surface area contributed by atoms with Crippen LogP contribution in [0.5, 0.6) is 0 Å². The quantitative estimate of drug-likeness (QED) is 0.349. The maximum Gasteiger partial charge on any atom is 0.251 e. The molecule has 0 spiro atoms. The van der Waals surface area contributed by atoms with E-state index in [9.17, 15) is 9.59 Å². The molecule has 0 atom stereocenters. The minimum atomic E-state index is -0.341. The average Bonchev–Trinajstić information content (AvgIpc) is 2.64. The van der Waals surface area contributed by atoms with E-state index in [4.69, 9.17) is 11.5 Å². The maximum absolute atomic E-state index is 12.1. The molecule has 2 aromatic carbocycles. The fraction of sp³-hybridized carbons (Fsp3) is 0.158. The van der Waals surface area contributed by atoms with Crippen LogP contribution in [0, 0.1) is 6.92 Å². The molecule has 0 fully saturated rings. The van der Waals surface area contributed by atoms with Gasteiger partial charge >= 0.3 is 0 Å². The predicted molar refractivity (Wildman–Crippen MR) is 107 cm³/mol. The Bertz CT molecular complexity index is 901. The topological polar surface area (TPSA) is 135 Å². The van der Waals surface area contributed by atoms with E-state index < -0.39 is 0 Å². The molecule has 0 aliphatic heterocycles. The molecule has 0 bridgehead atoms. The van der Waals surface area contributed by atoms with Gasteiger partial charge in [0.15, 0.2) is 0 Å². The number of carbonyl (C=O) groups excluding carboxylic acids is 2. The molecule has 0 aromatic heterocycles. The Balaban J connectivity index is 1.96. The summed E-state index contributed by atoms with van der Waals surface area (Å²) in [5, 5.41) is 12.8. The Labute approximate surface area is 157 Å². The summed E-state index contributed by atoms with van der Waals surface area (Å²) in [6.07, 6.45) is 0. The van der Waals surface area contributed by atoms with Crippen LogP contribution in [0.1, 0.15) is 28.4 Å². The Morgan fingerprint density at radius 1 is 1.00 bits per heavy atom. The number of nitrogens with one attached hydrogen (secondary N) is 2. The van der Waals surface area contributed by atoms with Gasteiger partial charge in [-0.2, -0.15) is 5.10 Å². The zero-order chi connectivity index (χ0) is 19.8. The van der Waals surface area contributed by atoms with Crippen molar-refractivity contribution in [2.45, 2.75) is 13.8 Å². The van der Waals surface area contributed by atoms with Crippen molar-refractivity contribution < 1.29 is 9.59 Å². The molecule has 140 valence electrons. The number of hydrogen-bond donors (Lipinski definition) is 4. The van der Waals surface area contributed by atoms with Crippen molar-refractivity contribution in [2.75, 3.05) is 11.9 Å². The smallest absolute Gasteiger partial charge is 0.251 e. The molecule has 0 aliphatic carbocycles. The van der Waals surface area contributed by atoms with Gasteiger partial charge in [-0.1, -0.05) is 29.8 Å². The lowest BCUT2D eigenvalue weighted by atomic mass is 10.1. The van der Waals surface area contributed by atoms with Crippen molar-refractivity contribution in [3.05, 3.63) is 65.2 Å². The van der Waals surface area contributed by atoms with E-state index in [1.807, 2.05) is 19.1 Å². The largest absolute Gasteiger partial charge is 0.369 e. The van der Waals surface area contributed by atoms with Crippen molar-refractivity contribution in [3.63, 3.8) is 0 Å². The number of rotatable bonds is 6. The molecule has 27 heavy (non-hydrogen) atoms. The van der Waals surface area contributed by atoms with Gasteiger partial charge in [0.2, 0.25) is 11.9 Å². The van der Waals surface area contributed by atoms with Crippen LogP contribution in [0.25, 0.3) is 0 Å². The highest BCUT2D eigenvalue weighted by Crippen LogP contribution is 2.12. The van der Waals surface area contributed by atoms with E-state index in [1.54, 1.807) is 43.3 Å². The number of guanidine groups is 1. The highest BCUT2D eigenvalue weighted by atomic mass is 16.2. The number of aryl methyl sites for hydroxylation is 1. The lowest BCUT2D eigenvalue weighted by Crippen LogP contribution is -2.32. The van der Waals surface area contributed by atoms with Gasteiger partial charge in [0.05, 0.1) is 12.3 Å². The van der Waals surface area contributed by atoms with Crippen LogP contribution in [-0.2, 0) is 4.79 Å². The third-order valence-electron chi connectivity index (χ3n) is 3.57. The third kappa shape index (κ3) is 6.28. The first-order valence-electron chi connectivity index (χ1n) is 8.23. The summed E-state index contributed by atoms with van der Waals surface area (Å²) < 4.78 is 0. The van der Waals surface area contributed by atoms with Gasteiger partial charge in [0.25, 0.3) is 5.91 Å². The number of nitrogens with two attached hydrogens (primary N) is 2. The van der Waals surface area contributed by atoms with Crippen molar-refractivity contribution >= 4 is 29.2 Å². The minimum Gasteiger partial charge on any atom is -0.369 e. The molecular weight excluding hydrogens is 344 g/mol. The summed E-state index contributed by atoms with van der Waals surface area (Å²) in [5.74, 6) is -0.780. The molecular formula is C19H22N6O2. The first kappa shape index (κ1) is 19.6. The summed E-state index contributed by atoms with van der Waals surface area (Å²) in [4.78, 5) is 24.2. The van der Waals surface area contributed by atoms with E-state index in [0.717, 1.165) is 11.1 Å². The molecule has 2 amide bonds. The van der Waals surface area contributed by atoms with Crippen molar-refractivity contribution in [2.24, 2.45) is 21.7 Å². The van der Waals surface area contributed by atoms with Crippen molar-refractivity contribution in [1.29, 1.82) is 0 Å². The molecule has 8 heteroatoms. The predicted octanol–water partition coefficient (Wildman–Crippen LogP) is 1.36. The van der Waals surface area contributed by atoms with Crippen LogP contribution in [0.15, 0.2) is 58.7 Å². The highest BCUT2D eigenvalue weighted by molar-refractivity contribution is 6.02. The third-order valence-corrected chi connectivity index (χ3v) is 3.57. The van der Waals surface area contributed by atoms with Gasteiger partial charge < -0.3 is 22.1 Å². The van der Waals surface area contributed by atoms with Crippen LogP contribution < -0.4 is 22.1 Å². The molecule has 2 aromatic rings. The number of nitrogens with zero attached hydrogens (tertiary/aromatic N) is 2. The van der Waals surface area contributed by atoms with Gasteiger partial charge in [-0.25, -0.2) is 0 Å². The zero-order valence-electron chi connectivity index (χ0n) is 15.2. The summed E-state index contributed by atoms with van der Waals surface area (Å²) in [5.41, 5.74) is 13.9. The van der Waals surface area contributed by atoms with Crippen LogP contribution in [0.4, 0.5) is 5.69 Å². The normalized spacial score (nSPS) is 10.8. The van der Waals surface area contributed by atoms with Crippen LogP contribution in [0.2, 0.25) is 0 Å². The standard InChI is InChI=1S/C19H22N6O2/c1-12-5-3-7-15(9-12)18(27)22-11-17(26)23-16-8-4-6-14(10-16)13(2)24-25-19(20)21/h3-10H,11H2,1-2H3,(H,22,27)(H,23,26)(H4,20,21,25)/b24-13+. The van der Waals surface area contributed by atoms with E-state index >= 15 is 0 Å². The molecule has 0 aliphatic rings.